The van der Waals surface area contributed by atoms with Crippen molar-refractivity contribution >= 4 is 8.25 Å². The summed E-state index contributed by atoms with van der Waals surface area (Å²) in [5, 5.41) is 0. The first-order valence-corrected chi connectivity index (χ1v) is 3.92. The summed E-state index contributed by atoms with van der Waals surface area (Å²) in [5.41, 5.74) is -0.455. The van der Waals surface area contributed by atoms with Gasteiger partial charge in [0.25, 0.3) is 0 Å². The molecular weight excluding hydrogens is 155 g/mol. The van der Waals surface area contributed by atoms with Gasteiger partial charge in [-0.1, -0.05) is 0 Å². The van der Waals surface area contributed by atoms with Gasteiger partial charge < -0.3 is 0 Å². The molecule has 0 aromatic heterocycles. The molecule has 60 valence electrons. The highest BCUT2D eigenvalue weighted by molar-refractivity contribution is 7.33. The monoisotopic (exact) mass is 167 g/mol. The molecule has 0 spiro atoms. The van der Waals surface area contributed by atoms with Crippen molar-refractivity contribution in [2.24, 2.45) is 0 Å². The van der Waals surface area contributed by atoms with Gasteiger partial charge in [-0.05, 0) is 20.8 Å². The number of rotatable bonds is 3. The van der Waals surface area contributed by atoms with E-state index in [2.05, 4.69) is 14.1 Å². The Bertz CT molecular complexity index is 117. The van der Waals surface area contributed by atoms with Crippen molar-refractivity contribution in [2.75, 3.05) is 7.11 Å². The Balaban J connectivity index is 3.46. The maximum atomic E-state index is 10.4. The summed E-state index contributed by atoms with van der Waals surface area (Å²) in [7, 11) is -0.832. The molecule has 0 saturated carbocycles. The Morgan fingerprint density at radius 3 is 2.10 bits per heavy atom. The molecule has 0 aliphatic heterocycles. The molecule has 5 heteroatoms. The van der Waals surface area contributed by atoms with Crippen LogP contribution in [0.2, 0.25) is 0 Å². The van der Waals surface area contributed by atoms with Crippen molar-refractivity contribution in [3.8, 4) is 0 Å². The van der Waals surface area contributed by atoms with E-state index in [1.54, 1.807) is 20.8 Å². The molecular formula is C5H12O4P+. The summed E-state index contributed by atoms with van der Waals surface area (Å²) in [6.07, 6.45) is 0. The lowest BCUT2D eigenvalue weighted by Gasteiger charge is -2.10. The van der Waals surface area contributed by atoms with E-state index in [0.29, 0.717) is 0 Å². The van der Waals surface area contributed by atoms with Crippen LogP contribution in [0.5, 0.6) is 0 Å². The van der Waals surface area contributed by atoms with Crippen LogP contribution in [0.25, 0.3) is 0 Å². The van der Waals surface area contributed by atoms with Crippen molar-refractivity contribution < 1.29 is 18.7 Å². The molecule has 4 nitrogen and oxygen atoms in total. The molecule has 1 unspecified atom stereocenters. The molecule has 0 bridgehead atoms. The summed E-state index contributed by atoms with van der Waals surface area (Å²) >= 11 is 0. The largest absolute Gasteiger partial charge is 0.728 e. The fourth-order valence-electron chi connectivity index (χ4n) is 0.173. The second-order valence-electron chi connectivity index (χ2n) is 2.68. The Morgan fingerprint density at radius 2 is 1.80 bits per heavy atom. The highest BCUT2D eigenvalue weighted by Crippen LogP contribution is 2.25. The van der Waals surface area contributed by atoms with Crippen LogP contribution in [0.15, 0.2) is 0 Å². The van der Waals surface area contributed by atoms with Crippen molar-refractivity contribution in [1.29, 1.82) is 0 Å². The fraction of sp³-hybridized carbons (Fsp3) is 1.00. The van der Waals surface area contributed by atoms with Crippen LogP contribution < -0.4 is 0 Å². The van der Waals surface area contributed by atoms with Crippen molar-refractivity contribution in [3.05, 3.63) is 0 Å². The van der Waals surface area contributed by atoms with Gasteiger partial charge in [-0.25, -0.2) is 0 Å². The normalized spacial score (nSPS) is 13.4. The van der Waals surface area contributed by atoms with E-state index in [1.165, 1.54) is 7.11 Å². The van der Waals surface area contributed by atoms with Gasteiger partial charge >= 0.3 is 8.25 Å². The average molecular weight is 167 g/mol. The molecule has 0 N–H and O–H groups in total. The van der Waals surface area contributed by atoms with Crippen LogP contribution in [0.1, 0.15) is 20.8 Å². The summed E-state index contributed by atoms with van der Waals surface area (Å²) in [6.45, 7) is 5.35. The number of hydrogen-bond acceptors (Lipinski definition) is 4. The first kappa shape index (κ1) is 9.98. The van der Waals surface area contributed by atoms with E-state index >= 15 is 0 Å². The molecule has 0 fully saturated rings. The van der Waals surface area contributed by atoms with E-state index in [9.17, 15) is 4.57 Å². The molecule has 1 atom stereocenters. The molecule has 0 saturated heterocycles. The molecule has 0 aliphatic rings. The molecule has 0 aliphatic carbocycles. The minimum absolute atomic E-state index is 0.455. The summed E-state index contributed by atoms with van der Waals surface area (Å²) in [4.78, 5) is 4.67. The zero-order valence-electron chi connectivity index (χ0n) is 6.58. The highest BCUT2D eigenvalue weighted by atomic mass is 31.1. The first-order valence-electron chi connectivity index (χ1n) is 2.83. The minimum Gasteiger partial charge on any atom is -0.181 e. The third-order valence-corrected chi connectivity index (χ3v) is 0.992. The van der Waals surface area contributed by atoms with Crippen LogP contribution in [-0.4, -0.2) is 12.7 Å². The third-order valence-electron chi connectivity index (χ3n) is 0.497. The molecule has 0 rings (SSSR count). The topological polar surface area (TPSA) is 44.8 Å². The van der Waals surface area contributed by atoms with Gasteiger partial charge in [0.05, 0.1) is 11.8 Å². The molecule has 10 heavy (non-hydrogen) atoms. The summed E-state index contributed by atoms with van der Waals surface area (Å²) in [6, 6.07) is 0. The maximum absolute atomic E-state index is 10.4. The van der Waals surface area contributed by atoms with Gasteiger partial charge in [0.1, 0.15) is 5.60 Å². The fourth-order valence-corrected chi connectivity index (χ4v) is 0.518. The lowest BCUT2D eigenvalue weighted by molar-refractivity contribution is -0.276. The molecule has 0 aromatic rings. The van der Waals surface area contributed by atoms with Crippen LogP contribution in [0.4, 0.5) is 0 Å². The van der Waals surface area contributed by atoms with Gasteiger partial charge in [-0.15, -0.1) is 4.52 Å². The minimum atomic E-state index is -2.11. The lowest BCUT2D eigenvalue weighted by atomic mass is 10.2. The molecule has 0 amide bonds. The quantitative estimate of drug-likeness (QED) is 0.366. The van der Waals surface area contributed by atoms with Crippen molar-refractivity contribution in [2.45, 2.75) is 26.4 Å². The van der Waals surface area contributed by atoms with E-state index in [4.69, 9.17) is 0 Å². The second-order valence-corrected chi connectivity index (χ2v) is 3.64. The van der Waals surface area contributed by atoms with Crippen molar-refractivity contribution in [1.82, 2.24) is 0 Å². The Hall–Kier alpha value is -0.0200. The zero-order chi connectivity index (χ0) is 8.20. The Labute approximate surface area is 61.3 Å². The second kappa shape index (κ2) is 3.98. The predicted octanol–water partition coefficient (Wildman–Crippen LogP) is 2.04. The zero-order valence-corrected chi connectivity index (χ0v) is 7.47. The smallest absolute Gasteiger partial charge is 0.181 e. The van der Waals surface area contributed by atoms with Crippen molar-refractivity contribution in [3.63, 3.8) is 0 Å². The lowest BCUT2D eigenvalue weighted by Crippen LogP contribution is -2.17. The van der Waals surface area contributed by atoms with Crippen LogP contribution in [0, 0.1) is 0 Å². The molecule has 0 heterocycles. The van der Waals surface area contributed by atoms with Gasteiger partial charge in [-0.3, -0.25) is 0 Å². The van der Waals surface area contributed by atoms with E-state index in [0.717, 1.165) is 0 Å². The Morgan fingerprint density at radius 1 is 1.30 bits per heavy atom. The summed E-state index contributed by atoms with van der Waals surface area (Å²) < 4.78 is 19.1. The maximum Gasteiger partial charge on any atom is 0.728 e. The molecule has 0 aromatic carbocycles. The van der Waals surface area contributed by atoms with E-state index in [1.807, 2.05) is 0 Å². The van der Waals surface area contributed by atoms with Gasteiger partial charge in [-0.2, -0.15) is 4.89 Å². The standard InChI is InChI=1S/C5H12O4P/c1-5(2,3)8-9-10(6)7-4/h1-4H3/q+1. The van der Waals surface area contributed by atoms with Gasteiger partial charge in [0.2, 0.25) is 0 Å². The average Bonchev–Trinajstić information content (AvgIpc) is 1.81. The number of hydrogen-bond donors (Lipinski definition) is 0. The van der Waals surface area contributed by atoms with Crippen LogP contribution in [0.3, 0.4) is 0 Å². The van der Waals surface area contributed by atoms with Crippen LogP contribution >= 0.6 is 8.25 Å². The van der Waals surface area contributed by atoms with Crippen LogP contribution in [-0.2, 0) is 18.7 Å². The molecule has 0 radical (unpaired) electrons. The first-order chi connectivity index (χ1) is 4.45. The van der Waals surface area contributed by atoms with Gasteiger partial charge in [0.15, 0.2) is 0 Å². The highest BCUT2D eigenvalue weighted by Gasteiger charge is 2.24. The SMILES string of the molecule is CO[P+](=O)OOC(C)(C)C. The Kier molecular flexibility index (Phi) is 3.98. The third kappa shape index (κ3) is 6.11. The van der Waals surface area contributed by atoms with E-state index < -0.39 is 13.9 Å². The predicted molar refractivity (Wildman–Crippen MR) is 36.5 cm³/mol. The summed E-state index contributed by atoms with van der Waals surface area (Å²) in [5.74, 6) is 0. The van der Waals surface area contributed by atoms with E-state index in [-0.39, 0.29) is 0 Å². The van der Waals surface area contributed by atoms with Gasteiger partial charge in [0, 0.05) is 4.57 Å².